The summed E-state index contributed by atoms with van der Waals surface area (Å²) in [5.74, 6) is -0.280. The van der Waals surface area contributed by atoms with Crippen molar-refractivity contribution in [3.05, 3.63) is 0 Å². The van der Waals surface area contributed by atoms with Crippen molar-refractivity contribution in [3.8, 4) is 0 Å². The molecule has 4 nitrogen and oxygen atoms in total. The fourth-order valence-electron chi connectivity index (χ4n) is 2.77. The highest BCUT2D eigenvalue weighted by atomic mass is 16.4. The van der Waals surface area contributed by atoms with Crippen molar-refractivity contribution in [2.24, 2.45) is 11.8 Å². The van der Waals surface area contributed by atoms with Crippen molar-refractivity contribution >= 4 is 5.97 Å². The molecular weight excluding hydrogens is 204 g/mol. The molecule has 1 N–H and O–H groups in total. The first-order valence-electron chi connectivity index (χ1n) is 6.19. The first-order chi connectivity index (χ1) is 7.58. The molecule has 2 fully saturated rings. The Kier molecular flexibility index (Phi) is 3.50. The molecule has 0 amide bonds. The highest BCUT2D eigenvalue weighted by molar-refractivity contribution is 5.73. The number of aliphatic carboxylic acids is 1. The fourth-order valence-corrected chi connectivity index (χ4v) is 2.77. The first kappa shape index (κ1) is 11.9. The minimum absolute atomic E-state index is 0.0660. The average molecular weight is 226 g/mol. The van der Waals surface area contributed by atoms with E-state index in [1.165, 1.54) is 19.4 Å². The van der Waals surface area contributed by atoms with Gasteiger partial charge in [-0.25, -0.2) is 0 Å². The molecule has 1 aliphatic heterocycles. The zero-order chi connectivity index (χ0) is 11.7. The number of hydrogen-bond donors (Lipinski definition) is 1. The standard InChI is InChI=1S/C12H22N2O2/c1-13-5-3-4-10(8-13)14(2)7-9-6-11(9)12(15)16/h9-11H,3-8H2,1-2H3,(H,15,16). The molecule has 0 aromatic heterocycles. The lowest BCUT2D eigenvalue weighted by Gasteiger charge is -2.36. The van der Waals surface area contributed by atoms with Crippen LogP contribution < -0.4 is 0 Å². The third-order valence-corrected chi connectivity index (χ3v) is 3.99. The zero-order valence-corrected chi connectivity index (χ0v) is 10.2. The molecule has 3 atom stereocenters. The molecule has 0 bridgehead atoms. The van der Waals surface area contributed by atoms with Gasteiger partial charge in [0.1, 0.15) is 0 Å². The van der Waals surface area contributed by atoms with E-state index < -0.39 is 5.97 Å². The first-order valence-corrected chi connectivity index (χ1v) is 6.19. The maximum atomic E-state index is 10.8. The Morgan fingerprint density at radius 3 is 2.88 bits per heavy atom. The second kappa shape index (κ2) is 4.72. The van der Waals surface area contributed by atoms with Crippen molar-refractivity contribution in [2.45, 2.75) is 25.3 Å². The van der Waals surface area contributed by atoms with Gasteiger partial charge in [-0.3, -0.25) is 4.79 Å². The van der Waals surface area contributed by atoms with E-state index in [-0.39, 0.29) is 5.92 Å². The minimum atomic E-state index is -0.612. The average Bonchev–Trinajstić information content (AvgIpc) is 2.97. The van der Waals surface area contributed by atoms with Gasteiger partial charge in [0, 0.05) is 19.1 Å². The van der Waals surface area contributed by atoms with Crippen molar-refractivity contribution in [1.82, 2.24) is 9.80 Å². The minimum Gasteiger partial charge on any atom is -0.481 e. The van der Waals surface area contributed by atoms with Crippen LogP contribution in [0.5, 0.6) is 0 Å². The van der Waals surface area contributed by atoms with Gasteiger partial charge in [-0.2, -0.15) is 0 Å². The van der Waals surface area contributed by atoms with E-state index in [1.807, 2.05) is 0 Å². The van der Waals surface area contributed by atoms with Crippen molar-refractivity contribution in [1.29, 1.82) is 0 Å². The van der Waals surface area contributed by atoms with E-state index in [0.717, 1.165) is 19.5 Å². The lowest BCUT2D eigenvalue weighted by molar-refractivity contribution is -0.138. The van der Waals surface area contributed by atoms with Crippen LogP contribution in [-0.2, 0) is 4.79 Å². The summed E-state index contributed by atoms with van der Waals surface area (Å²) < 4.78 is 0. The number of hydrogen-bond acceptors (Lipinski definition) is 3. The summed E-state index contributed by atoms with van der Waals surface area (Å²) in [6.07, 6.45) is 3.39. The molecule has 1 aliphatic carbocycles. The van der Waals surface area contributed by atoms with Crippen LogP contribution in [0.1, 0.15) is 19.3 Å². The molecule has 2 aliphatic rings. The third kappa shape index (κ3) is 2.74. The molecule has 3 unspecified atom stereocenters. The maximum absolute atomic E-state index is 10.8. The monoisotopic (exact) mass is 226 g/mol. The number of nitrogens with zero attached hydrogens (tertiary/aromatic N) is 2. The van der Waals surface area contributed by atoms with Gasteiger partial charge in [0.15, 0.2) is 0 Å². The number of likely N-dealkylation sites (tertiary alicyclic amines) is 1. The molecule has 0 aromatic rings. The van der Waals surface area contributed by atoms with Crippen LogP contribution >= 0.6 is 0 Å². The second-order valence-corrected chi connectivity index (χ2v) is 5.44. The van der Waals surface area contributed by atoms with Crippen LogP contribution in [0, 0.1) is 11.8 Å². The Morgan fingerprint density at radius 1 is 1.56 bits per heavy atom. The Morgan fingerprint density at radius 2 is 2.31 bits per heavy atom. The van der Waals surface area contributed by atoms with Gasteiger partial charge in [-0.05, 0) is 45.8 Å². The molecule has 4 heteroatoms. The van der Waals surface area contributed by atoms with E-state index in [2.05, 4.69) is 23.9 Å². The number of carbonyl (C=O) groups is 1. The second-order valence-electron chi connectivity index (χ2n) is 5.44. The van der Waals surface area contributed by atoms with Crippen LogP contribution in [0.4, 0.5) is 0 Å². The number of piperidine rings is 1. The van der Waals surface area contributed by atoms with E-state index in [1.54, 1.807) is 0 Å². The SMILES string of the molecule is CN1CCCC(N(C)CC2CC2C(=O)O)C1. The predicted octanol–water partition coefficient (Wildman–Crippen LogP) is 0.733. The molecule has 1 saturated heterocycles. The Labute approximate surface area is 97.2 Å². The summed E-state index contributed by atoms with van der Waals surface area (Å²) in [5, 5.41) is 8.86. The topological polar surface area (TPSA) is 43.8 Å². The number of carboxylic acids is 1. The predicted molar refractivity (Wildman–Crippen MR) is 62.4 cm³/mol. The van der Waals surface area contributed by atoms with Crippen LogP contribution in [0.25, 0.3) is 0 Å². The molecular formula is C12H22N2O2. The highest BCUT2D eigenvalue weighted by Crippen LogP contribution is 2.39. The van der Waals surface area contributed by atoms with Crippen LogP contribution in [-0.4, -0.2) is 60.6 Å². The smallest absolute Gasteiger partial charge is 0.306 e. The van der Waals surface area contributed by atoms with E-state index >= 15 is 0 Å². The van der Waals surface area contributed by atoms with E-state index in [4.69, 9.17) is 5.11 Å². The van der Waals surface area contributed by atoms with Crippen LogP contribution in [0.2, 0.25) is 0 Å². The highest BCUT2D eigenvalue weighted by Gasteiger charge is 2.44. The van der Waals surface area contributed by atoms with Crippen molar-refractivity contribution in [3.63, 3.8) is 0 Å². The molecule has 0 radical (unpaired) electrons. The van der Waals surface area contributed by atoms with Gasteiger partial charge in [0.05, 0.1) is 5.92 Å². The summed E-state index contributed by atoms with van der Waals surface area (Å²) in [7, 11) is 4.30. The van der Waals surface area contributed by atoms with E-state index in [9.17, 15) is 4.79 Å². The summed E-state index contributed by atoms with van der Waals surface area (Å²) >= 11 is 0. The summed E-state index contributed by atoms with van der Waals surface area (Å²) in [5.41, 5.74) is 0. The Balaban J connectivity index is 1.75. The normalized spacial score (nSPS) is 35.3. The lowest BCUT2D eigenvalue weighted by atomic mass is 10.0. The van der Waals surface area contributed by atoms with Crippen molar-refractivity contribution < 1.29 is 9.90 Å². The van der Waals surface area contributed by atoms with Gasteiger partial charge >= 0.3 is 5.97 Å². The molecule has 16 heavy (non-hydrogen) atoms. The van der Waals surface area contributed by atoms with Crippen molar-refractivity contribution in [2.75, 3.05) is 33.7 Å². The van der Waals surface area contributed by atoms with Crippen LogP contribution in [0.3, 0.4) is 0 Å². The molecule has 0 spiro atoms. The van der Waals surface area contributed by atoms with Gasteiger partial charge in [-0.1, -0.05) is 0 Å². The third-order valence-electron chi connectivity index (χ3n) is 3.99. The van der Waals surface area contributed by atoms with Gasteiger partial charge in [0.2, 0.25) is 0 Å². The number of carboxylic acid groups (broad SMARTS) is 1. The fraction of sp³-hybridized carbons (Fsp3) is 0.917. The number of rotatable bonds is 4. The maximum Gasteiger partial charge on any atom is 0.306 e. The lowest BCUT2D eigenvalue weighted by Crippen LogP contribution is -2.45. The van der Waals surface area contributed by atoms with Gasteiger partial charge < -0.3 is 14.9 Å². The summed E-state index contributed by atoms with van der Waals surface area (Å²) in [4.78, 5) is 15.5. The van der Waals surface area contributed by atoms with Gasteiger partial charge in [-0.15, -0.1) is 0 Å². The Bertz CT molecular complexity index is 270. The summed E-state index contributed by atoms with van der Waals surface area (Å²) in [6, 6.07) is 0.619. The summed E-state index contributed by atoms with van der Waals surface area (Å²) in [6.45, 7) is 3.28. The Hall–Kier alpha value is -0.610. The largest absolute Gasteiger partial charge is 0.481 e. The van der Waals surface area contributed by atoms with E-state index in [0.29, 0.717) is 12.0 Å². The molecule has 1 heterocycles. The quantitative estimate of drug-likeness (QED) is 0.767. The van der Waals surface area contributed by atoms with Crippen LogP contribution in [0.15, 0.2) is 0 Å². The number of likely N-dealkylation sites (N-methyl/N-ethyl adjacent to an activating group) is 2. The van der Waals surface area contributed by atoms with Gasteiger partial charge in [0.25, 0.3) is 0 Å². The zero-order valence-electron chi connectivity index (χ0n) is 10.2. The molecule has 2 rings (SSSR count). The molecule has 0 aromatic carbocycles. The molecule has 1 saturated carbocycles. The molecule has 92 valence electrons.